The number of benzene rings is 1. The lowest BCUT2D eigenvalue weighted by Crippen LogP contribution is -2.52. The van der Waals surface area contributed by atoms with Crippen LogP contribution in [-0.4, -0.2) is 57.3 Å². The van der Waals surface area contributed by atoms with Crippen molar-refractivity contribution in [1.29, 1.82) is 0 Å². The number of aromatic nitrogens is 2. The van der Waals surface area contributed by atoms with E-state index in [0.29, 0.717) is 50.3 Å². The molecule has 2 aliphatic carbocycles. The van der Waals surface area contributed by atoms with E-state index in [1.807, 2.05) is 23.1 Å². The van der Waals surface area contributed by atoms with Crippen LogP contribution >= 0.6 is 0 Å². The smallest absolute Gasteiger partial charge is 0.328 e. The van der Waals surface area contributed by atoms with Crippen LogP contribution < -0.4 is 11.2 Å². The van der Waals surface area contributed by atoms with Gasteiger partial charge < -0.3 is 9.80 Å². The maximum atomic E-state index is 13.1. The first-order valence-corrected chi connectivity index (χ1v) is 12.0. The summed E-state index contributed by atoms with van der Waals surface area (Å²) in [4.78, 5) is 56.5. The van der Waals surface area contributed by atoms with E-state index in [1.54, 1.807) is 15.5 Å². The standard InChI is InChI=1S/C25H30N4O4/c30-22-20-9-1-2-10-21(20)29(25(33)26-22)16-17-5-3-8-19(15-17)24(32)28-13-11-27(12-14-28)23(31)18-6-4-7-18/h3,5,8,15,18H,1-2,4,6-7,9-14,16H2,(H,26,30,33). The summed E-state index contributed by atoms with van der Waals surface area (Å²) in [5, 5.41) is 0. The number of nitrogens with zero attached hydrogens (tertiary/aromatic N) is 3. The summed E-state index contributed by atoms with van der Waals surface area (Å²) in [5.74, 6) is 0.375. The number of nitrogens with one attached hydrogen (secondary N) is 1. The highest BCUT2D eigenvalue weighted by atomic mass is 16.2. The van der Waals surface area contributed by atoms with Crippen LogP contribution in [0.25, 0.3) is 0 Å². The van der Waals surface area contributed by atoms with Crippen LogP contribution in [0.1, 0.15) is 59.3 Å². The fraction of sp³-hybridized carbons (Fsp3) is 0.520. The SMILES string of the molecule is O=C(c1cccc(Cn2c3c(c(=O)[nH]c2=O)CCCC3)c1)N1CCN(C(=O)C2CCC2)CC1. The van der Waals surface area contributed by atoms with Crippen LogP contribution in [0.4, 0.5) is 0 Å². The molecule has 1 N–H and O–H groups in total. The zero-order chi connectivity index (χ0) is 22.9. The van der Waals surface area contributed by atoms with Crippen molar-refractivity contribution in [2.75, 3.05) is 26.2 Å². The third-order valence-corrected chi connectivity index (χ3v) is 7.35. The Morgan fingerprint density at radius 1 is 0.939 bits per heavy atom. The minimum Gasteiger partial charge on any atom is -0.339 e. The lowest BCUT2D eigenvalue weighted by Gasteiger charge is -2.38. The van der Waals surface area contributed by atoms with Crippen LogP contribution in [0.5, 0.6) is 0 Å². The highest BCUT2D eigenvalue weighted by Crippen LogP contribution is 2.28. The molecule has 3 aliphatic rings. The Hall–Kier alpha value is -3.16. The van der Waals surface area contributed by atoms with Crippen LogP contribution in [0, 0.1) is 5.92 Å². The van der Waals surface area contributed by atoms with E-state index < -0.39 is 5.69 Å². The van der Waals surface area contributed by atoms with Crippen LogP contribution in [0.15, 0.2) is 33.9 Å². The Morgan fingerprint density at radius 2 is 1.67 bits per heavy atom. The molecule has 1 aliphatic heterocycles. The van der Waals surface area contributed by atoms with E-state index >= 15 is 0 Å². The third kappa shape index (κ3) is 4.26. The lowest BCUT2D eigenvalue weighted by molar-refractivity contribution is -0.139. The molecule has 2 fully saturated rings. The molecule has 0 unspecified atom stereocenters. The minimum absolute atomic E-state index is 0.0524. The normalized spacial score (nSPS) is 18.5. The first-order valence-electron chi connectivity index (χ1n) is 12.0. The Kier molecular flexibility index (Phi) is 5.91. The third-order valence-electron chi connectivity index (χ3n) is 7.35. The second-order valence-corrected chi connectivity index (χ2v) is 9.42. The summed E-state index contributed by atoms with van der Waals surface area (Å²) in [5.41, 5.74) is 2.29. The molecule has 0 radical (unpaired) electrons. The van der Waals surface area contributed by atoms with Crippen molar-refractivity contribution in [1.82, 2.24) is 19.4 Å². The molecule has 174 valence electrons. The molecule has 1 aromatic heterocycles. The Morgan fingerprint density at radius 3 is 2.39 bits per heavy atom. The second kappa shape index (κ2) is 9.00. The van der Waals surface area contributed by atoms with Crippen molar-refractivity contribution < 1.29 is 9.59 Å². The molecular formula is C25H30N4O4. The molecule has 8 nitrogen and oxygen atoms in total. The highest BCUT2D eigenvalue weighted by Gasteiger charge is 2.32. The largest absolute Gasteiger partial charge is 0.339 e. The molecule has 2 aromatic rings. The van der Waals surface area contributed by atoms with Crippen molar-refractivity contribution in [3.05, 3.63) is 67.5 Å². The van der Waals surface area contributed by atoms with Gasteiger partial charge in [-0.3, -0.25) is 23.9 Å². The predicted molar refractivity (Wildman–Crippen MR) is 123 cm³/mol. The van der Waals surface area contributed by atoms with Gasteiger partial charge in [0.05, 0.1) is 6.54 Å². The number of H-pyrrole nitrogens is 1. The number of aromatic amines is 1. The fourth-order valence-electron chi connectivity index (χ4n) is 5.17. The number of piperazine rings is 1. The Bertz CT molecular complexity index is 1190. The fourth-order valence-corrected chi connectivity index (χ4v) is 5.17. The molecule has 8 heteroatoms. The zero-order valence-electron chi connectivity index (χ0n) is 18.8. The first kappa shape index (κ1) is 21.7. The summed E-state index contributed by atoms with van der Waals surface area (Å²) in [6.07, 6.45) is 6.45. The maximum absolute atomic E-state index is 13.1. The molecule has 2 heterocycles. The Balaban J connectivity index is 1.29. The molecule has 1 saturated heterocycles. The zero-order valence-corrected chi connectivity index (χ0v) is 18.8. The number of carbonyl (C=O) groups is 2. The van der Waals surface area contributed by atoms with Crippen LogP contribution in [0.3, 0.4) is 0 Å². The molecule has 2 amide bonds. The van der Waals surface area contributed by atoms with E-state index in [9.17, 15) is 19.2 Å². The lowest BCUT2D eigenvalue weighted by atomic mass is 9.84. The maximum Gasteiger partial charge on any atom is 0.328 e. The average molecular weight is 451 g/mol. The number of hydrogen-bond donors (Lipinski definition) is 1. The predicted octanol–water partition coefficient (Wildman–Crippen LogP) is 1.55. The summed E-state index contributed by atoms with van der Waals surface area (Å²) < 4.78 is 1.64. The van der Waals surface area contributed by atoms with E-state index in [-0.39, 0.29) is 23.3 Å². The summed E-state index contributed by atoms with van der Waals surface area (Å²) >= 11 is 0. The van der Waals surface area contributed by atoms with Gasteiger partial charge in [-0.15, -0.1) is 0 Å². The van der Waals surface area contributed by atoms with Gasteiger partial charge in [0.2, 0.25) is 5.91 Å². The molecule has 1 saturated carbocycles. The molecular weight excluding hydrogens is 420 g/mol. The number of amides is 2. The van der Waals surface area contributed by atoms with Crippen molar-refractivity contribution in [3.8, 4) is 0 Å². The second-order valence-electron chi connectivity index (χ2n) is 9.42. The van der Waals surface area contributed by atoms with E-state index in [4.69, 9.17) is 0 Å². The number of rotatable bonds is 4. The van der Waals surface area contributed by atoms with E-state index in [0.717, 1.165) is 49.8 Å². The highest BCUT2D eigenvalue weighted by molar-refractivity contribution is 5.94. The Labute approximate surface area is 192 Å². The number of hydrogen-bond acceptors (Lipinski definition) is 4. The van der Waals surface area contributed by atoms with Gasteiger partial charge in [-0.1, -0.05) is 18.6 Å². The summed E-state index contributed by atoms with van der Waals surface area (Å²) in [6, 6.07) is 7.37. The van der Waals surface area contributed by atoms with Crippen molar-refractivity contribution in [2.24, 2.45) is 5.92 Å². The van der Waals surface area contributed by atoms with Crippen molar-refractivity contribution >= 4 is 11.8 Å². The minimum atomic E-state index is -0.398. The number of carbonyl (C=O) groups excluding carboxylic acids is 2. The molecule has 33 heavy (non-hydrogen) atoms. The summed E-state index contributed by atoms with van der Waals surface area (Å²) in [6.45, 7) is 2.56. The number of fused-ring (bicyclic) bond motifs is 1. The van der Waals surface area contributed by atoms with Gasteiger partial charge in [-0.05, 0) is 56.2 Å². The van der Waals surface area contributed by atoms with Gasteiger partial charge in [0.15, 0.2) is 0 Å². The van der Waals surface area contributed by atoms with Gasteiger partial charge in [-0.2, -0.15) is 0 Å². The average Bonchev–Trinajstić information content (AvgIpc) is 2.80. The molecule has 0 spiro atoms. The topological polar surface area (TPSA) is 95.5 Å². The summed E-state index contributed by atoms with van der Waals surface area (Å²) in [7, 11) is 0. The quantitative estimate of drug-likeness (QED) is 0.765. The van der Waals surface area contributed by atoms with Gasteiger partial charge in [0.25, 0.3) is 11.5 Å². The van der Waals surface area contributed by atoms with Crippen LogP contribution in [0.2, 0.25) is 0 Å². The van der Waals surface area contributed by atoms with Gasteiger partial charge >= 0.3 is 5.69 Å². The van der Waals surface area contributed by atoms with Gasteiger partial charge in [-0.25, -0.2) is 4.79 Å². The van der Waals surface area contributed by atoms with Gasteiger partial charge in [0, 0.05) is 48.9 Å². The van der Waals surface area contributed by atoms with Crippen molar-refractivity contribution in [3.63, 3.8) is 0 Å². The molecule has 1 aromatic carbocycles. The molecule has 5 rings (SSSR count). The van der Waals surface area contributed by atoms with E-state index in [2.05, 4.69) is 4.98 Å². The first-order chi connectivity index (χ1) is 16.0. The van der Waals surface area contributed by atoms with E-state index in [1.165, 1.54) is 0 Å². The van der Waals surface area contributed by atoms with Gasteiger partial charge in [0.1, 0.15) is 0 Å². The molecule has 0 bridgehead atoms. The molecule has 0 atom stereocenters. The van der Waals surface area contributed by atoms with Crippen molar-refractivity contribution in [2.45, 2.75) is 51.5 Å². The monoisotopic (exact) mass is 450 g/mol. The van der Waals surface area contributed by atoms with Crippen LogP contribution in [-0.2, 0) is 24.2 Å².